The molecule has 0 spiro atoms. The van der Waals surface area contributed by atoms with Gasteiger partial charge in [-0.15, -0.1) is 11.3 Å². The van der Waals surface area contributed by atoms with Crippen LogP contribution in [0, 0.1) is 5.82 Å². The molecule has 0 bridgehead atoms. The highest BCUT2D eigenvalue weighted by Crippen LogP contribution is 2.35. The van der Waals surface area contributed by atoms with Crippen LogP contribution in [0.4, 0.5) is 23.2 Å². The van der Waals surface area contributed by atoms with Crippen molar-refractivity contribution < 1.29 is 22.4 Å². The second-order valence-electron chi connectivity index (χ2n) is 6.72. The monoisotopic (exact) mass is 481 g/mol. The number of alkyl halides is 3. The third-order valence-corrected chi connectivity index (χ3v) is 5.69. The highest BCUT2D eigenvalue weighted by Gasteiger charge is 2.39. The third kappa shape index (κ3) is 4.23. The minimum Gasteiger partial charge on any atom is -0.319 e. The number of nitrogens with zero attached hydrogens (tertiary/aromatic N) is 2. The van der Waals surface area contributed by atoms with Crippen LogP contribution in [0.1, 0.15) is 20.9 Å². The molecule has 4 aromatic rings. The van der Waals surface area contributed by atoms with Crippen LogP contribution < -0.4 is 10.5 Å². The van der Waals surface area contributed by atoms with Crippen molar-refractivity contribution in [2.24, 2.45) is 0 Å². The Bertz CT molecular complexity index is 1380. The van der Waals surface area contributed by atoms with E-state index in [4.69, 9.17) is 11.6 Å². The standard InChI is InChI=1S/C21H12ClF4N3O2S/c22-12-3-1-4-13(8-12)29(20(31)18-19(21(24,25)26)27-10-32-18)9-11-7-16(30)28-17-14(11)5-2-6-15(17)23/h1-8,10H,9H2,(H,28,30). The minimum atomic E-state index is -4.83. The number of carbonyl (C=O) groups excluding carboxylic acids is 1. The SMILES string of the molecule is O=C(c1scnc1C(F)(F)F)N(Cc1cc(=O)[nH]c2c(F)cccc12)c1cccc(Cl)c1. The van der Waals surface area contributed by atoms with Gasteiger partial charge in [0.15, 0.2) is 5.69 Å². The smallest absolute Gasteiger partial charge is 0.319 e. The number of thiazole rings is 1. The van der Waals surface area contributed by atoms with Gasteiger partial charge in [0, 0.05) is 22.2 Å². The van der Waals surface area contributed by atoms with Crippen molar-refractivity contribution in [2.75, 3.05) is 4.90 Å². The number of benzene rings is 2. The van der Waals surface area contributed by atoms with Crippen LogP contribution in [0.5, 0.6) is 0 Å². The molecule has 2 aromatic heterocycles. The summed E-state index contributed by atoms with van der Waals surface area (Å²) < 4.78 is 54.3. The van der Waals surface area contributed by atoms with Crippen molar-refractivity contribution >= 4 is 45.4 Å². The number of aromatic nitrogens is 2. The average molecular weight is 482 g/mol. The van der Waals surface area contributed by atoms with Crippen LogP contribution in [-0.2, 0) is 12.7 Å². The van der Waals surface area contributed by atoms with Crippen LogP contribution in [0.3, 0.4) is 0 Å². The summed E-state index contributed by atoms with van der Waals surface area (Å²) in [6, 6.07) is 11.3. The molecule has 1 N–H and O–H groups in total. The summed E-state index contributed by atoms with van der Waals surface area (Å²) in [7, 11) is 0. The molecule has 1 amide bonds. The lowest BCUT2D eigenvalue weighted by molar-refractivity contribution is -0.141. The van der Waals surface area contributed by atoms with Gasteiger partial charge in [0.25, 0.3) is 5.91 Å². The van der Waals surface area contributed by atoms with E-state index < -0.39 is 34.0 Å². The van der Waals surface area contributed by atoms with Crippen LogP contribution in [0.2, 0.25) is 5.02 Å². The lowest BCUT2D eigenvalue weighted by atomic mass is 10.1. The number of hydrogen-bond acceptors (Lipinski definition) is 4. The van der Waals surface area contributed by atoms with Gasteiger partial charge in [-0.1, -0.05) is 29.8 Å². The van der Waals surface area contributed by atoms with E-state index in [0.29, 0.717) is 16.7 Å². The molecule has 0 radical (unpaired) electrons. The highest BCUT2D eigenvalue weighted by molar-refractivity contribution is 7.12. The number of fused-ring (bicyclic) bond motifs is 1. The Labute approximate surface area is 186 Å². The van der Waals surface area contributed by atoms with Gasteiger partial charge in [-0.3, -0.25) is 9.59 Å². The number of anilines is 1. The Morgan fingerprint density at radius 3 is 2.62 bits per heavy atom. The molecule has 2 heterocycles. The molecule has 0 fully saturated rings. The number of rotatable bonds is 4. The first-order valence-electron chi connectivity index (χ1n) is 9.03. The van der Waals surface area contributed by atoms with Crippen LogP contribution in [0.25, 0.3) is 10.9 Å². The zero-order chi connectivity index (χ0) is 23.0. The topological polar surface area (TPSA) is 66.1 Å². The van der Waals surface area contributed by atoms with Crippen molar-refractivity contribution in [1.29, 1.82) is 0 Å². The van der Waals surface area contributed by atoms with Crippen molar-refractivity contribution in [3.63, 3.8) is 0 Å². The first-order valence-corrected chi connectivity index (χ1v) is 10.3. The first kappa shape index (κ1) is 22.0. The zero-order valence-corrected chi connectivity index (χ0v) is 17.5. The van der Waals surface area contributed by atoms with E-state index in [1.807, 2.05) is 0 Å². The molecule has 4 rings (SSSR count). The molecule has 11 heteroatoms. The number of H-pyrrole nitrogens is 1. The molecule has 32 heavy (non-hydrogen) atoms. The predicted molar refractivity (Wildman–Crippen MR) is 114 cm³/mol. The fourth-order valence-corrected chi connectivity index (χ4v) is 4.20. The van der Waals surface area contributed by atoms with E-state index in [2.05, 4.69) is 9.97 Å². The summed E-state index contributed by atoms with van der Waals surface area (Å²) in [5, 5.41) is 0.562. The van der Waals surface area contributed by atoms with Gasteiger partial charge in [0.2, 0.25) is 5.56 Å². The Morgan fingerprint density at radius 1 is 1.16 bits per heavy atom. The van der Waals surface area contributed by atoms with Gasteiger partial charge in [-0.05, 0) is 29.8 Å². The highest BCUT2D eigenvalue weighted by atomic mass is 35.5. The number of halogens is 5. The summed E-state index contributed by atoms with van der Waals surface area (Å²) in [5.41, 5.74) is -0.610. The average Bonchev–Trinajstić information content (AvgIpc) is 3.23. The Hall–Kier alpha value is -3.24. The zero-order valence-electron chi connectivity index (χ0n) is 15.9. The van der Waals surface area contributed by atoms with Crippen LogP contribution >= 0.6 is 22.9 Å². The molecule has 2 aromatic carbocycles. The number of nitrogens with one attached hydrogen (secondary N) is 1. The number of pyridine rings is 1. The van der Waals surface area contributed by atoms with Crippen molar-refractivity contribution in [3.8, 4) is 0 Å². The minimum absolute atomic E-state index is 0.0673. The summed E-state index contributed by atoms with van der Waals surface area (Å²) in [5.74, 6) is -1.66. The number of carbonyl (C=O) groups is 1. The van der Waals surface area contributed by atoms with Crippen LogP contribution in [0.15, 0.2) is 58.8 Å². The Balaban J connectivity index is 1.87. The summed E-state index contributed by atoms with van der Waals surface area (Å²) in [6.45, 7) is -0.307. The quantitative estimate of drug-likeness (QED) is 0.383. The third-order valence-electron chi connectivity index (χ3n) is 4.64. The molecule has 0 saturated heterocycles. The van der Waals surface area contributed by atoms with Gasteiger partial charge in [-0.2, -0.15) is 13.2 Å². The maximum atomic E-state index is 14.2. The lowest BCUT2D eigenvalue weighted by Crippen LogP contribution is -2.32. The largest absolute Gasteiger partial charge is 0.434 e. The van der Waals surface area contributed by atoms with Crippen LogP contribution in [-0.4, -0.2) is 15.9 Å². The van der Waals surface area contributed by atoms with Gasteiger partial charge in [-0.25, -0.2) is 9.37 Å². The maximum absolute atomic E-state index is 14.2. The Kier molecular flexibility index (Phi) is 5.74. The molecule has 0 aliphatic carbocycles. The second-order valence-corrected chi connectivity index (χ2v) is 8.01. The number of amides is 1. The molecular weight excluding hydrogens is 470 g/mol. The van der Waals surface area contributed by atoms with Gasteiger partial charge in [0.05, 0.1) is 17.6 Å². The van der Waals surface area contributed by atoms with Gasteiger partial charge < -0.3 is 9.88 Å². The van der Waals surface area contributed by atoms with E-state index in [-0.39, 0.29) is 28.3 Å². The first-order chi connectivity index (χ1) is 15.1. The summed E-state index contributed by atoms with van der Waals surface area (Å²) >= 11 is 6.58. The lowest BCUT2D eigenvalue weighted by Gasteiger charge is -2.24. The van der Waals surface area contributed by atoms with E-state index in [9.17, 15) is 27.2 Å². The fraction of sp³-hybridized carbons (Fsp3) is 0.0952. The summed E-state index contributed by atoms with van der Waals surface area (Å²) in [6.07, 6.45) is -4.83. The number of para-hydroxylation sites is 1. The molecule has 164 valence electrons. The number of hydrogen-bond donors (Lipinski definition) is 1. The van der Waals surface area contributed by atoms with Crippen molar-refractivity contribution in [3.05, 3.63) is 91.4 Å². The predicted octanol–water partition coefficient (Wildman–Crippen LogP) is 5.64. The molecule has 5 nitrogen and oxygen atoms in total. The van der Waals surface area contributed by atoms with Crippen molar-refractivity contribution in [1.82, 2.24) is 9.97 Å². The Morgan fingerprint density at radius 2 is 1.91 bits per heavy atom. The van der Waals surface area contributed by atoms with Gasteiger partial charge >= 0.3 is 6.18 Å². The van der Waals surface area contributed by atoms with E-state index in [1.54, 1.807) is 6.07 Å². The second kappa shape index (κ2) is 8.36. The molecule has 0 saturated carbocycles. The van der Waals surface area contributed by atoms with E-state index >= 15 is 0 Å². The van der Waals surface area contributed by atoms with E-state index in [1.165, 1.54) is 36.4 Å². The molecule has 0 aliphatic heterocycles. The molecular formula is C21H12ClF4N3O2S. The fourth-order valence-electron chi connectivity index (χ4n) is 3.26. The number of aromatic amines is 1. The normalized spacial score (nSPS) is 11.7. The van der Waals surface area contributed by atoms with Crippen molar-refractivity contribution in [2.45, 2.75) is 12.7 Å². The maximum Gasteiger partial charge on any atom is 0.434 e. The van der Waals surface area contributed by atoms with E-state index in [0.717, 1.165) is 16.5 Å². The molecule has 0 unspecified atom stereocenters. The molecule has 0 aliphatic rings. The molecule has 0 atom stereocenters. The summed E-state index contributed by atoms with van der Waals surface area (Å²) in [4.78, 5) is 31.5. The van der Waals surface area contributed by atoms with Gasteiger partial charge in [0.1, 0.15) is 10.7 Å².